The summed E-state index contributed by atoms with van der Waals surface area (Å²) in [6.45, 7) is 11.1. The molecule has 4 heteroatoms. The van der Waals surface area contributed by atoms with Crippen molar-refractivity contribution in [1.29, 1.82) is 0 Å². The normalized spacial score (nSPS) is 15.5. The molecule has 0 saturated heterocycles. The van der Waals surface area contributed by atoms with Crippen molar-refractivity contribution in [2.24, 2.45) is 5.41 Å². The van der Waals surface area contributed by atoms with Crippen LogP contribution in [0.5, 0.6) is 0 Å². The van der Waals surface area contributed by atoms with E-state index in [0.717, 1.165) is 23.2 Å². The van der Waals surface area contributed by atoms with Gasteiger partial charge in [-0.15, -0.1) is 0 Å². The fourth-order valence-electron chi connectivity index (χ4n) is 3.02. The molecule has 0 heterocycles. The number of anilines is 1. The highest BCUT2D eigenvalue weighted by Crippen LogP contribution is 2.47. The van der Waals surface area contributed by atoms with E-state index in [2.05, 4.69) is 50.5 Å². The van der Waals surface area contributed by atoms with E-state index in [1.807, 2.05) is 13.0 Å². The number of para-hydroxylation sites is 1. The van der Waals surface area contributed by atoms with Gasteiger partial charge in [0, 0.05) is 12.2 Å². The van der Waals surface area contributed by atoms with Crippen LogP contribution >= 0.6 is 0 Å². The lowest BCUT2D eigenvalue weighted by Gasteiger charge is -2.22. The first-order chi connectivity index (χ1) is 11.3. The first-order valence-corrected chi connectivity index (χ1v) is 9.06. The fourth-order valence-corrected chi connectivity index (χ4v) is 3.02. The van der Waals surface area contributed by atoms with Crippen LogP contribution in [-0.4, -0.2) is 18.4 Å². The maximum Gasteiger partial charge on any atom is 0.240 e. The molecule has 132 valence electrons. The maximum absolute atomic E-state index is 12.9. The molecular formula is C20H30N2O2. The first kappa shape index (κ1) is 18.5. The lowest BCUT2D eigenvalue weighted by Crippen LogP contribution is -2.40. The smallest absolute Gasteiger partial charge is 0.240 e. The highest BCUT2D eigenvalue weighted by molar-refractivity contribution is 6.13. The Morgan fingerprint density at radius 3 is 2.00 bits per heavy atom. The Morgan fingerprint density at radius 2 is 1.58 bits per heavy atom. The lowest BCUT2D eigenvalue weighted by atomic mass is 9.92. The molecule has 2 N–H and O–H groups in total. The second kappa shape index (κ2) is 7.37. The molecule has 2 rings (SSSR count). The summed E-state index contributed by atoms with van der Waals surface area (Å²) in [5.41, 5.74) is 2.27. The topological polar surface area (TPSA) is 58.2 Å². The molecule has 0 unspecified atom stereocenters. The predicted molar refractivity (Wildman–Crippen MR) is 98.2 cm³/mol. The van der Waals surface area contributed by atoms with Crippen molar-refractivity contribution in [2.75, 3.05) is 11.9 Å². The van der Waals surface area contributed by atoms with Crippen LogP contribution in [0, 0.1) is 5.41 Å². The molecule has 24 heavy (non-hydrogen) atoms. The summed E-state index contributed by atoms with van der Waals surface area (Å²) in [5, 5.41) is 5.98. The van der Waals surface area contributed by atoms with Gasteiger partial charge in [0.15, 0.2) is 0 Å². The molecule has 1 aliphatic carbocycles. The highest BCUT2D eigenvalue weighted by Gasteiger charge is 2.56. The Morgan fingerprint density at radius 1 is 1.04 bits per heavy atom. The molecule has 0 spiro atoms. The maximum atomic E-state index is 12.9. The molecule has 4 nitrogen and oxygen atoms in total. The molecule has 0 aromatic heterocycles. The van der Waals surface area contributed by atoms with E-state index in [4.69, 9.17) is 0 Å². The zero-order valence-corrected chi connectivity index (χ0v) is 15.5. The quantitative estimate of drug-likeness (QED) is 0.737. The highest BCUT2D eigenvalue weighted by atomic mass is 16.2. The number of benzene rings is 1. The van der Waals surface area contributed by atoms with Crippen LogP contribution in [-0.2, 0) is 9.59 Å². The molecule has 1 saturated carbocycles. The van der Waals surface area contributed by atoms with Crippen molar-refractivity contribution < 1.29 is 9.59 Å². The number of carbonyl (C=O) groups is 2. The third-order valence-electron chi connectivity index (χ3n) is 4.77. The molecule has 0 bridgehead atoms. The molecule has 1 fully saturated rings. The Hall–Kier alpha value is -1.84. The zero-order valence-electron chi connectivity index (χ0n) is 15.5. The van der Waals surface area contributed by atoms with Gasteiger partial charge in [-0.2, -0.15) is 0 Å². The molecule has 0 radical (unpaired) electrons. The largest absolute Gasteiger partial charge is 0.355 e. The van der Waals surface area contributed by atoms with Crippen molar-refractivity contribution in [2.45, 2.75) is 65.7 Å². The van der Waals surface area contributed by atoms with Crippen LogP contribution in [0.15, 0.2) is 18.2 Å². The number of amides is 2. The molecule has 1 aliphatic rings. The average molecular weight is 330 g/mol. The van der Waals surface area contributed by atoms with E-state index in [1.54, 1.807) is 0 Å². The van der Waals surface area contributed by atoms with Gasteiger partial charge in [0.25, 0.3) is 0 Å². The number of hydrogen-bond acceptors (Lipinski definition) is 2. The second-order valence-corrected chi connectivity index (χ2v) is 7.41. The third-order valence-corrected chi connectivity index (χ3v) is 4.77. The van der Waals surface area contributed by atoms with Crippen LogP contribution in [0.4, 0.5) is 5.69 Å². The molecular weight excluding hydrogens is 300 g/mol. The van der Waals surface area contributed by atoms with Gasteiger partial charge in [0.2, 0.25) is 11.8 Å². The first-order valence-electron chi connectivity index (χ1n) is 9.06. The van der Waals surface area contributed by atoms with E-state index < -0.39 is 5.41 Å². The Balaban J connectivity index is 2.27. The van der Waals surface area contributed by atoms with Gasteiger partial charge in [-0.25, -0.2) is 0 Å². The van der Waals surface area contributed by atoms with E-state index >= 15 is 0 Å². The van der Waals surface area contributed by atoms with Crippen LogP contribution in [0.2, 0.25) is 0 Å². The van der Waals surface area contributed by atoms with E-state index in [9.17, 15) is 9.59 Å². The van der Waals surface area contributed by atoms with Crippen molar-refractivity contribution >= 4 is 17.5 Å². The van der Waals surface area contributed by atoms with E-state index in [1.165, 1.54) is 0 Å². The van der Waals surface area contributed by atoms with E-state index in [0.29, 0.717) is 31.2 Å². The standard InChI is InChI=1S/C20H30N2O2/c1-6-12-21-18(23)20(10-11-20)19(24)22-17-15(13(2)3)8-7-9-16(17)14(4)5/h7-9,13-14H,6,10-12H2,1-5H3,(H,21,23)(H,22,24). The van der Waals surface area contributed by atoms with Crippen LogP contribution in [0.3, 0.4) is 0 Å². The van der Waals surface area contributed by atoms with Gasteiger partial charge in [0.05, 0.1) is 0 Å². The average Bonchev–Trinajstić information content (AvgIpc) is 3.34. The van der Waals surface area contributed by atoms with Gasteiger partial charge >= 0.3 is 0 Å². The minimum Gasteiger partial charge on any atom is -0.355 e. The Kier molecular flexibility index (Phi) is 5.68. The van der Waals surface area contributed by atoms with E-state index in [-0.39, 0.29) is 11.8 Å². The van der Waals surface area contributed by atoms with Gasteiger partial charge in [0.1, 0.15) is 5.41 Å². The van der Waals surface area contributed by atoms with Gasteiger partial charge < -0.3 is 10.6 Å². The molecule has 0 atom stereocenters. The second-order valence-electron chi connectivity index (χ2n) is 7.41. The zero-order chi connectivity index (χ0) is 17.9. The van der Waals surface area contributed by atoms with Crippen molar-refractivity contribution in [1.82, 2.24) is 5.32 Å². The summed E-state index contributed by atoms with van der Waals surface area (Å²) in [4.78, 5) is 25.3. The van der Waals surface area contributed by atoms with Gasteiger partial charge in [-0.1, -0.05) is 52.8 Å². The summed E-state index contributed by atoms with van der Waals surface area (Å²) in [6.07, 6.45) is 2.14. The van der Waals surface area contributed by atoms with Crippen LogP contribution in [0.25, 0.3) is 0 Å². The van der Waals surface area contributed by atoms with Crippen LogP contribution in [0.1, 0.15) is 76.8 Å². The van der Waals surface area contributed by atoms with Gasteiger partial charge in [-0.3, -0.25) is 9.59 Å². The SMILES string of the molecule is CCCNC(=O)C1(C(=O)Nc2c(C(C)C)cccc2C(C)C)CC1. The monoisotopic (exact) mass is 330 g/mol. The number of rotatable bonds is 7. The lowest BCUT2D eigenvalue weighted by molar-refractivity contribution is -0.134. The Bertz CT molecular complexity index is 590. The summed E-state index contributed by atoms with van der Waals surface area (Å²) < 4.78 is 0. The minimum atomic E-state index is -0.868. The summed E-state index contributed by atoms with van der Waals surface area (Å²) in [6, 6.07) is 6.16. The van der Waals surface area contributed by atoms with Crippen molar-refractivity contribution in [3.05, 3.63) is 29.3 Å². The van der Waals surface area contributed by atoms with Crippen molar-refractivity contribution in [3.8, 4) is 0 Å². The molecule has 1 aromatic carbocycles. The third kappa shape index (κ3) is 3.63. The van der Waals surface area contributed by atoms with Crippen LogP contribution < -0.4 is 10.6 Å². The molecule has 1 aromatic rings. The number of nitrogens with one attached hydrogen (secondary N) is 2. The predicted octanol–water partition coefficient (Wildman–Crippen LogP) is 4.18. The summed E-state index contributed by atoms with van der Waals surface area (Å²) in [7, 11) is 0. The number of carbonyl (C=O) groups excluding carboxylic acids is 2. The van der Waals surface area contributed by atoms with Gasteiger partial charge in [-0.05, 0) is 42.2 Å². The Labute approximate surface area is 145 Å². The fraction of sp³-hybridized carbons (Fsp3) is 0.600. The summed E-state index contributed by atoms with van der Waals surface area (Å²) in [5.74, 6) is 0.326. The minimum absolute atomic E-state index is 0.130. The summed E-state index contributed by atoms with van der Waals surface area (Å²) >= 11 is 0. The number of hydrogen-bond donors (Lipinski definition) is 2. The van der Waals surface area contributed by atoms with Crippen molar-refractivity contribution in [3.63, 3.8) is 0 Å². The molecule has 0 aliphatic heterocycles. The molecule has 2 amide bonds.